The number of ether oxygens (including phenoxy) is 1. The van der Waals surface area contributed by atoms with Crippen molar-refractivity contribution in [2.45, 2.75) is 102 Å². The Balaban J connectivity index is 1.34. The van der Waals surface area contributed by atoms with E-state index in [1.165, 1.54) is 83.6 Å². The van der Waals surface area contributed by atoms with Gasteiger partial charge in [0, 0.05) is 12.6 Å². The first-order valence-corrected chi connectivity index (χ1v) is 9.59. The maximum atomic E-state index is 6.66. The molecule has 21 heavy (non-hydrogen) atoms. The molecule has 2 atom stereocenters. The second-order valence-electron chi connectivity index (χ2n) is 8.81. The summed E-state index contributed by atoms with van der Waals surface area (Å²) < 4.78 is 6.66. The third kappa shape index (κ3) is 3.32. The molecule has 1 heterocycles. The third-order valence-electron chi connectivity index (χ3n) is 6.73. The molecule has 0 bridgehead atoms. The van der Waals surface area contributed by atoms with Crippen LogP contribution in [0.5, 0.6) is 0 Å². The molecule has 2 nitrogen and oxygen atoms in total. The Labute approximate surface area is 130 Å². The minimum Gasteiger partial charge on any atom is -0.372 e. The molecule has 1 aliphatic heterocycles. The first-order valence-electron chi connectivity index (χ1n) is 9.59. The highest BCUT2D eigenvalue weighted by Gasteiger charge is 2.47. The van der Waals surface area contributed by atoms with E-state index in [0.29, 0.717) is 17.1 Å². The molecule has 0 aromatic carbocycles. The third-order valence-corrected chi connectivity index (χ3v) is 6.73. The highest BCUT2D eigenvalue weighted by molar-refractivity contribution is 4.99. The summed E-state index contributed by atoms with van der Waals surface area (Å²) in [5.74, 6) is 0.968. The van der Waals surface area contributed by atoms with E-state index in [9.17, 15) is 0 Å². The van der Waals surface area contributed by atoms with Gasteiger partial charge in [0.1, 0.15) is 0 Å². The predicted molar refractivity (Wildman–Crippen MR) is 86.4 cm³/mol. The van der Waals surface area contributed by atoms with Crippen LogP contribution >= 0.6 is 0 Å². The Morgan fingerprint density at radius 2 is 1.76 bits per heavy atom. The molecule has 2 unspecified atom stereocenters. The summed E-state index contributed by atoms with van der Waals surface area (Å²) in [6, 6.07) is 0.845. The highest BCUT2D eigenvalue weighted by atomic mass is 16.5. The lowest BCUT2D eigenvalue weighted by Crippen LogP contribution is -2.39. The van der Waals surface area contributed by atoms with Gasteiger partial charge in [0.2, 0.25) is 0 Å². The van der Waals surface area contributed by atoms with Crippen molar-refractivity contribution in [3.8, 4) is 0 Å². The summed E-state index contributed by atoms with van der Waals surface area (Å²) in [6.45, 7) is 3.77. The lowest BCUT2D eigenvalue weighted by molar-refractivity contribution is -0.0774. The van der Waals surface area contributed by atoms with Gasteiger partial charge < -0.3 is 10.1 Å². The van der Waals surface area contributed by atoms with Crippen LogP contribution < -0.4 is 5.32 Å². The van der Waals surface area contributed by atoms with Gasteiger partial charge in [0.15, 0.2) is 0 Å². The van der Waals surface area contributed by atoms with Crippen LogP contribution in [0.1, 0.15) is 84.0 Å². The fourth-order valence-corrected chi connectivity index (χ4v) is 4.95. The normalized spacial score (nSPS) is 35.0. The van der Waals surface area contributed by atoms with Crippen molar-refractivity contribution in [1.82, 2.24) is 5.32 Å². The van der Waals surface area contributed by atoms with Gasteiger partial charge in [0.05, 0.1) is 11.7 Å². The molecule has 3 saturated carbocycles. The van der Waals surface area contributed by atoms with Crippen LogP contribution in [0, 0.1) is 11.3 Å². The second-order valence-corrected chi connectivity index (χ2v) is 8.81. The van der Waals surface area contributed by atoms with Gasteiger partial charge in [-0.2, -0.15) is 0 Å². The molecule has 4 rings (SSSR count). The molecule has 120 valence electrons. The van der Waals surface area contributed by atoms with E-state index in [2.05, 4.69) is 12.2 Å². The van der Waals surface area contributed by atoms with Crippen LogP contribution in [0.15, 0.2) is 0 Å². The van der Waals surface area contributed by atoms with Crippen LogP contribution in [0.25, 0.3) is 0 Å². The van der Waals surface area contributed by atoms with E-state index in [4.69, 9.17) is 4.74 Å². The zero-order valence-corrected chi connectivity index (χ0v) is 13.8. The van der Waals surface area contributed by atoms with Crippen LogP contribution in [0.3, 0.4) is 0 Å². The van der Waals surface area contributed by atoms with E-state index in [1.807, 2.05) is 0 Å². The van der Waals surface area contributed by atoms with Gasteiger partial charge >= 0.3 is 0 Å². The zero-order valence-electron chi connectivity index (χ0n) is 13.8. The number of rotatable bonds is 6. The average Bonchev–Trinajstić information content (AvgIpc) is 3.38. The van der Waals surface area contributed by atoms with E-state index < -0.39 is 0 Å². The quantitative estimate of drug-likeness (QED) is 0.782. The van der Waals surface area contributed by atoms with E-state index in [1.54, 1.807) is 0 Å². The Morgan fingerprint density at radius 1 is 1.00 bits per heavy atom. The fourth-order valence-electron chi connectivity index (χ4n) is 4.95. The van der Waals surface area contributed by atoms with Crippen LogP contribution in [-0.4, -0.2) is 24.3 Å². The van der Waals surface area contributed by atoms with E-state index in [-0.39, 0.29) is 0 Å². The molecule has 0 aromatic heterocycles. The molecule has 2 heteroatoms. The molecule has 3 aliphatic carbocycles. The van der Waals surface area contributed by atoms with Crippen molar-refractivity contribution in [2.24, 2.45) is 11.3 Å². The van der Waals surface area contributed by atoms with Gasteiger partial charge in [0.25, 0.3) is 0 Å². The largest absolute Gasteiger partial charge is 0.372 e. The molecule has 1 N–H and O–H groups in total. The average molecular weight is 291 g/mol. The maximum Gasteiger partial charge on any atom is 0.0687 e. The minimum absolute atomic E-state index is 0.303. The van der Waals surface area contributed by atoms with Crippen LogP contribution in [0.2, 0.25) is 0 Å². The second kappa shape index (κ2) is 5.53. The number of nitrogens with one attached hydrogen (secondary N) is 1. The van der Waals surface area contributed by atoms with Gasteiger partial charge in [-0.1, -0.05) is 26.2 Å². The van der Waals surface area contributed by atoms with Crippen molar-refractivity contribution >= 4 is 0 Å². The first kappa shape index (κ1) is 14.5. The first-order chi connectivity index (χ1) is 10.2. The van der Waals surface area contributed by atoms with Crippen LogP contribution in [-0.2, 0) is 4.74 Å². The molecule has 0 aromatic rings. The predicted octanol–water partition coefficient (Wildman–Crippen LogP) is 4.43. The summed E-state index contributed by atoms with van der Waals surface area (Å²) in [7, 11) is 0. The maximum absolute atomic E-state index is 6.66. The summed E-state index contributed by atoms with van der Waals surface area (Å²) in [5, 5.41) is 3.81. The van der Waals surface area contributed by atoms with Crippen molar-refractivity contribution in [3.63, 3.8) is 0 Å². The molecule has 4 aliphatic rings. The Kier molecular flexibility index (Phi) is 3.82. The zero-order chi connectivity index (χ0) is 14.3. The molecular weight excluding hydrogens is 258 g/mol. The SMILES string of the molecule is CC(CNC1CC1)(CC1CCC2(CCCCC2)O1)C1CC1. The molecule has 1 saturated heterocycles. The lowest BCUT2D eigenvalue weighted by atomic mass is 9.78. The van der Waals surface area contributed by atoms with E-state index in [0.717, 1.165) is 12.0 Å². The topological polar surface area (TPSA) is 21.3 Å². The number of hydrogen-bond donors (Lipinski definition) is 1. The summed E-state index contributed by atoms with van der Waals surface area (Å²) in [6.07, 6.45) is 17.2. The smallest absolute Gasteiger partial charge is 0.0687 e. The summed E-state index contributed by atoms with van der Waals surface area (Å²) in [5.41, 5.74) is 0.796. The van der Waals surface area contributed by atoms with Crippen molar-refractivity contribution < 1.29 is 4.74 Å². The Bertz CT molecular complexity index is 368. The van der Waals surface area contributed by atoms with Crippen molar-refractivity contribution in [2.75, 3.05) is 6.54 Å². The minimum atomic E-state index is 0.303. The van der Waals surface area contributed by atoms with Crippen molar-refractivity contribution in [3.05, 3.63) is 0 Å². The lowest BCUT2D eigenvalue weighted by Gasteiger charge is -2.36. The van der Waals surface area contributed by atoms with Gasteiger partial charge in [-0.25, -0.2) is 0 Å². The Morgan fingerprint density at radius 3 is 2.43 bits per heavy atom. The summed E-state index contributed by atoms with van der Waals surface area (Å²) in [4.78, 5) is 0. The van der Waals surface area contributed by atoms with Crippen LogP contribution in [0.4, 0.5) is 0 Å². The van der Waals surface area contributed by atoms with E-state index >= 15 is 0 Å². The monoisotopic (exact) mass is 291 g/mol. The molecular formula is C19H33NO. The molecule has 4 fully saturated rings. The molecule has 0 amide bonds. The Hall–Kier alpha value is -0.0800. The number of hydrogen-bond acceptors (Lipinski definition) is 2. The standard InChI is InChI=1S/C19H33NO/c1-18(15-5-6-15,14-20-16-7-8-16)13-17-9-12-19(21-17)10-3-2-4-11-19/h15-17,20H,2-14H2,1H3. The van der Waals surface area contributed by atoms with Crippen molar-refractivity contribution in [1.29, 1.82) is 0 Å². The fraction of sp³-hybridized carbons (Fsp3) is 1.00. The molecule has 1 spiro atoms. The summed E-state index contributed by atoms with van der Waals surface area (Å²) >= 11 is 0. The highest BCUT2D eigenvalue weighted by Crippen LogP contribution is 2.51. The molecule has 0 radical (unpaired) electrons. The van der Waals surface area contributed by atoms with Gasteiger partial charge in [-0.15, -0.1) is 0 Å². The van der Waals surface area contributed by atoms with Gasteiger partial charge in [-0.3, -0.25) is 0 Å². The van der Waals surface area contributed by atoms with Gasteiger partial charge in [-0.05, 0) is 69.1 Å².